The molecule has 0 N–H and O–H groups in total. The number of fused-ring (bicyclic) bond motifs is 1. The van der Waals surface area contributed by atoms with Crippen LogP contribution in [0, 0.1) is 12.7 Å². The van der Waals surface area contributed by atoms with E-state index >= 15 is 0 Å². The molecule has 0 amide bonds. The molecule has 6 heteroatoms. The number of carbonyl (C=O) groups excluding carboxylic acids is 1. The number of nitrogens with zero attached hydrogens (tertiary/aromatic N) is 2. The Hall–Kier alpha value is -3.12. The van der Waals surface area contributed by atoms with Crippen LogP contribution in [0.3, 0.4) is 0 Å². The monoisotopic (exact) mass is 420 g/mol. The highest BCUT2D eigenvalue weighted by molar-refractivity contribution is 7.21. The molecule has 0 saturated heterocycles. The van der Waals surface area contributed by atoms with Gasteiger partial charge in [0.2, 0.25) is 0 Å². The standard InChI is InChI=1S/C24H21FN2O2S/c1-14(2)22-26-23-18(12-21(30-23)16-7-5-4-6-8-16)24(29)27(22)13-20(28)17-9-10-19(25)15(3)11-17/h4-12,14H,13H2,1-3H3. The predicted molar refractivity (Wildman–Crippen MR) is 119 cm³/mol. The zero-order valence-electron chi connectivity index (χ0n) is 17.0. The first-order chi connectivity index (χ1) is 14.3. The molecule has 152 valence electrons. The number of carbonyl (C=O) groups is 1. The van der Waals surface area contributed by atoms with E-state index in [2.05, 4.69) is 0 Å². The second-order valence-corrected chi connectivity index (χ2v) is 8.63. The van der Waals surface area contributed by atoms with E-state index in [4.69, 9.17) is 4.98 Å². The number of halogens is 1. The van der Waals surface area contributed by atoms with Gasteiger partial charge in [0.25, 0.3) is 5.56 Å². The van der Waals surface area contributed by atoms with Gasteiger partial charge < -0.3 is 0 Å². The van der Waals surface area contributed by atoms with Crippen LogP contribution in [-0.2, 0) is 6.54 Å². The Labute approximate surface area is 177 Å². The molecule has 0 aliphatic rings. The minimum atomic E-state index is -0.360. The van der Waals surface area contributed by atoms with Gasteiger partial charge in [0.15, 0.2) is 5.78 Å². The molecule has 0 saturated carbocycles. The molecule has 0 unspecified atom stereocenters. The minimum Gasteiger partial charge on any atom is -0.292 e. The highest BCUT2D eigenvalue weighted by Gasteiger charge is 2.19. The van der Waals surface area contributed by atoms with Crippen molar-refractivity contribution in [3.05, 3.63) is 87.7 Å². The fraction of sp³-hybridized carbons (Fsp3) is 0.208. The Balaban J connectivity index is 1.81. The molecule has 2 aromatic carbocycles. The first-order valence-corrected chi connectivity index (χ1v) is 10.6. The van der Waals surface area contributed by atoms with Crippen molar-refractivity contribution in [1.82, 2.24) is 9.55 Å². The number of thiophene rings is 1. The summed E-state index contributed by atoms with van der Waals surface area (Å²) in [4.78, 5) is 32.5. The molecule has 0 bridgehead atoms. The summed E-state index contributed by atoms with van der Waals surface area (Å²) in [5, 5.41) is 0.506. The average molecular weight is 421 g/mol. The van der Waals surface area contributed by atoms with Gasteiger partial charge in [-0.3, -0.25) is 14.2 Å². The van der Waals surface area contributed by atoms with Crippen molar-refractivity contribution >= 4 is 27.3 Å². The molecule has 0 fully saturated rings. The Morgan fingerprint density at radius 2 is 1.87 bits per heavy atom. The van der Waals surface area contributed by atoms with Crippen LogP contribution in [0.5, 0.6) is 0 Å². The lowest BCUT2D eigenvalue weighted by atomic mass is 10.1. The van der Waals surface area contributed by atoms with Crippen molar-refractivity contribution in [1.29, 1.82) is 0 Å². The van der Waals surface area contributed by atoms with Gasteiger partial charge in [-0.05, 0) is 42.3 Å². The molecule has 0 aliphatic heterocycles. The maximum Gasteiger partial charge on any atom is 0.262 e. The summed E-state index contributed by atoms with van der Waals surface area (Å²) in [5.41, 5.74) is 1.58. The van der Waals surface area contributed by atoms with Crippen molar-refractivity contribution in [3.8, 4) is 10.4 Å². The van der Waals surface area contributed by atoms with E-state index in [1.807, 2.05) is 50.2 Å². The van der Waals surface area contributed by atoms with Gasteiger partial charge in [0, 0.05) is 16.4 Å². The van der Waals surface area contributed by atoms with Crippen LogP contribution in [-0.4, -0.2) is 15.3 Å². The lowest BCUT2D eigenvalue weighted by Crippen LogP contribution is -2.29. The highest BCUT2D eigenvalue weighted by atomic mass is 32.1. The number of aryl methyl sites for hydroxylation is 1. The molecule has 0 atom stereocenters. The summed E-state index contributed by atoms with van der Waals surface area (Å²) in [6.07, 6.45) is 0. The molecule has 0 radical (unpaired) electrons. The second-order valence-electron chi connectivity index (χ2n) is 7.60. The lowest BCUT2D eigenvalue weighted by Gasteiger charge is -2.14. The number of hydrogen-bond acceptors (Lipinski definition) is 4. The maximum absolute atomic E-state index is 13.6. The van der Waals surface area contributed by atoms with E-state index in [1.54, 1.807) is 6.92 Å². The third-order valence-corrected chi connectivity index (χ3v) is 6.12. The van der Waals surface area contributed by atoms with Crippen LogP contribution in [0.4, 0.5) is 4.39 Å². The molecular formula is C24H21FN2O2S. The van der Waals surface area contributed by atoms with Crippen molar-refractivity contribution < 1.29 is 9.18 Å². The Bertz CT molecular complexity index is 1310. The van der Waals surface area contributed by atoms with Crippen molar-refractivity contribution in [2.45, 2.75) is 33.2 Å². The molecule has 30 heavy (non-hydrogen) atoms. The van der Waals surface area contributed by atoms with Crippen LogP contribution >= 0.6 is 11.3 Å². The number of rotatable bonds is 5. The molecule has 4 rings (SSSR count). The first-order valence-electron chi connectivity index (χ1n) is 9.74. The molecule has 2 aromatic heterocycles. The quantitative estimate of drug-likeness (QED) is 0.396. The van der Waals surface area contributed by atoms with Crippen LogP contribution in [0.25, 0.3) is 20.7 Å². The maximum atomic E-state index is 13.6. The number of ketones is 1. The van der Waals surface area contributed by atoms with Crippen LogP contribution < -0.4 is 5.56 Å². The second kappa shape index (κ2) is 7.95. The van der Waals surface area contributed by atoms with Crippen molar-refractivity contribution in [2.24, 2.45) is 0 Å². The molecular weight excluding hydrogens is 399 g/mol. The number of hydrogen-bond donors (Lipinski definition) is 0. The minimum absolute atomic E-state index is 0.0351. The number of aromatic nitrogens is 2. The fourth-order valence-corrected chi connectivity index (χ4v) is 4.46. The highest BCUT2D eigenvalue weighted by Crippen LogP contribution is 2.31. The summed E-state index contributed by atoms with van der Waals surface area (Å²) in [6.45, 7) is 5.38. The van der Waals surface area contributed by atoms with Crippen molar-refractivity contribution in [2.75, 3.05) is 0 Å². The number of benzene rings is 2. The van der Waals surface area contributed by atoms with Crippen LogP contribution in [0.15, 0.2) is 59.4 Å². The summed E-state index contributed by atoms with van der Waals surface area (Å²) in [7, 11) is 0. The Kier molecular flexibility index (Phi) is 5.35. The fourth-order valence-electron chi connectivity index (χ4n) is 3.42. The third kappa shape index (κ3) is 3.71. The van der Waals surface area contributed by atoms with E-state index in [9.17, 15) is 14.0 Å². The van der Waals surface area contributed by atoms with Gasteiger partial charge >= 0.3 is 0 Å². The Morgan fingerprint density at radius 3 is 2.53 bits per heavy atom. The van der Waals surface area contributed by atoms with Gasteiger partial charge in [-0.15, -0.1) is 11.3 Å². The summed E-state index contributed by atoms with van der Waals surface area (Å²) in [6, 6.07) is 15.9. The van der Waals surface area contributed by atoms with Gasteiger partial charge in [-0.1, -0.05) is 44.2 Å². The van der Waals surface area contributed by atoms with E-state index in [1.165, 1.54) is 34.1 Å². The van der Waals surface area contributed by atoms with E-state index < -0.39 is 0 Å². The molecule has 4 aromatic rings. The summed E-state index contributed by atoms with van der Waals surface area (Å²) >= 11 is 1.47. The van der Waals surface area contributed by atoms with Gasteiger partial charge in [-0.2, -0.15) is 0 Å². The van der Waals surface area contributed by atoms with Crippen LogP contribution in [0.2, 0.25) is 0 Å². The van der Waals surface area contributed by atoms with Crippen molar-refractivity contribution in [3.63, 3.8) is 0 Å². The molecule has 0 aliphatic carbocycles. The zero-order chi connectivity index (χ0) is 21.4. The normalized spacial score (nSPS) is 11.4. The molecule has 0 spiro atoms. The summed E-state index contributed by atoms with van der Waals surface area (Å²) < 4.78 is 15.0. The van der Waals surface area contributed by atoms with E-state index in [-0.39, 0.29) is 29.6 Å². The SMILES string of the molecule is Cc1cc(C(=O)Cn2c(C(C)C)nc3sc(-c4ccccc4)cc3c2=O)ccc1F. The van der Waals surface area contributed by atoms with Gasteiger partial charge in [0.05, 0.1) is 11.9 Å². The Morgan fingerprint density at radius 1 is 1.13 bits per heavy atom. The van der Waals surface area contributed by atoms with E-state index in [0.717, 1.165) is 10.4 Å². The average Bonchev–Trinajstić information content (AvgIpc) is 3.17. The third-order valence-electron chi connectivity index (χ3n) is 5.04. The molecule has 2 heterocycles. The topological polar surface area (TPSA) is 52.0 Å². The zero-order valence-corrected chi connectivity index (χ0v) is 17.8. The first kappa shape index (κ1) is 20.2. The largest absolute Gasteiger partial charge is 0.292 e. The van der Waals surface area contributed by atoms with Crippen LogP contribution in [0.1, 0.15) is 41.5 Å². The van der Waals surface area contributed by atoms with Gasteiger partial charge in [-0.25, -0.2) is 9.37 Å². The lowest BCUT2D eigenvalue weighted by molar-refractivity contribution is 0.0969. The molecule has 4 nitrogen and oxygen atoms in total. The van der Waals surface area contributed by atoms with E-state index in [0.29, 0.717) is 27.2 Å². The van der Waals surface area contributed by atoms with Gasteiger partial charge in [0.1, 0.15) is 16.5 Å². The summed E-state index contributed by atoms with van der Waals surface area (Å²) in [5.74, 6) is -0.0728. The smallest absolute Gasteiger partial charge is 0.262 e. The predicted octanol–water partition coefficient (Wildman–Crippen LogP) is 5.58. The number of Topliss-reactive ketones (excluding diaryl/α,β-unsaturated/α-hetero) is 1.